The van der Waals surface area contributed by atoms with Gasteiger partial charge in [-0.1, -0.05) is 11.6 Å². The van der Waals surface area contributed by atoms with Gasteiger partial charge in [0.05, 0.1) is 0 Å². The second-order valence-electron chi connectivity index (χ2n) is 7.44. The molecule has 1 saturated carbocycles. The Morgan fingerprint density at radius 3 is 2.74 bits per heavy atom. The predicted molar refractivity (Wildman–Crippen MR) is 125 cm³/mol. The lowest BCUT2D eigenvalue weighted by molar-refractivity contribution is 0.197. The summed E-state index contributed by atoms with van der Waals surface area (Å²) in [5.74, 6) is 0.910. The van der Waals surface area contributed by atoms with Crippen LogP contribution in [0.1, 0.15) is 31.2 Å². The zero-order valence-electron chi connectivity index (χ0n) is 15.8. The number of hydrogen-bond donors (Lipinski definition) is 3. The zero-order chi connectivity index (χ0) is 17.9. The molecule has 148 valence electrons. The molecule has 0 atom stereocenters. The van der Waals surface area contributed by atoms with Crippen LogP contribution in [0.3, 0.4) is 0 Å². The first-order valence-electron chi connectivity index (χ1n) is 9.69. The normalized spacial score (nSPS) is 19.1. The summed E-state index contributed by atoms with van der Waals surface area (Å²) in [5.41, 5.74) is 2.41. The minimum absolute atomic E-state index is 0. The fraction of sp³-hybridized carbons (Fsp3) is 0.550. The van der Waals surface area contributed by atoms with E-state index in [0.29, 0.717) is 6.04 Å². The van der Waals surface area contributed by atoms with E-state index in [4.69, 9.17) is 11.6 Å². The van der Waals surface area contributed by atoms with Crippen LogP contribution >= 0.6 is 35.6 Å². The molecule has 0 radical (unpaired) electrons. The molecular formula is C20H29ClIN5. The predicted octanol–water partition coefficient (Wildman–Crippen LogP) is 3.77. The summed E-state index contributed by atoms with van der Waals surface area (Å²) in [6, 6.07) is 7.40. The number of aliphatic imine (C=N–C) groups is 1. The second kappa shape index (κ2) is 9.47. The molecule has 27 heavy (non-hydrogen) atoms. The van der Waals surface area contributed by atoms with Crippen molar-refractivity contribution >= 4 is 52.4 Å². The summed E-state index contributed by atoms with van der Waals surface area (Å²) < 4.78 is 0. The van der Waals surface area contributed by atoms with Crippen molar-refractivity contribution in [2.45, 2.75) is 44.2 Å². The number of guanidine groups is 1. The van der Waals surface area contributed by atoms with Crippen LogP contribution in [0, 0.1) is 0 Å². The van der Waals surface area contributed by atoms with Crippen LogP contribution in [0.15, 0.2) is 29.4 Å². The molecule has 1 aromatic heterocycles. The number of aromatic amines is 1. The van der Waals surface area contributed by atoms with E-state index < -0.39 is 0 Å². The monoisotopic (exact) mass is 501 g/mol. The van der Waals surface area contributed by atoms with Gasteiger partial charge in [0.15, 0.2) is 5.96 Å². The highest BCUT2D eigenvalue weighted by Gasteiger charge is 2.31. The van der Waals surface area contributed by atoms with Crippen molar-refractivity contribution in [2.24, 2.45) is 4.99 Å². The lowest BCUT2D eigenvalue weighted by atomic mass is 10.1. The molecule has 2 heterocycles. The Morgan fingerprint density at radius 2 is 2.04 bits per heavy atom. The van der Waals surface area contributed by atoms with Crippen LogP contribution in [0.2, 0.25) is 5.02 Å². The van der Waals surface area contributed by atoms with Gasteiger partial charge in [-0.25, -0.2) is 0 Å². The largest absolute Gasteiger partial charge is 0.361 e. The van der Waals surface area contributed by atoms with E-state index in [-0.39, 0.29) is 24.0 Å². The number of nitrogens with one attached hydrogen (secondary N) is 3. The van der Waals surface area contributed by atoms with Gasteiger partial charge >= 0.3 is 0 Å². The fourth-order valence-electron chi connectivity index (χ4n) is 3.91. The highest BCUT2D eigenvalue weighted by Crippen LogP contribution is 2.29. The number of fused-ring (bicyclic) bond motifs is 1. The van der Waals surface area contributed by atoms with Gasteiger partial charge in [-0.05, 0) is 55.9 Å². The first-order chi connectivity index (χ1) is 12.7. The maximum atomic E-state index is 6.13. The molecule has 1 aromatic carbocycles. The Labute approximate surface area is 183 Å². The molecule has 0 spiro atoms. The van der Waals surface area contributed by atoms with Crippen LogP contribution in [-0.2, 0) is 6.42 Å². The SMILES string of the molecule is CN=C(NCCc1c[nH]c2ccc(Cl)cc12)NC1CCN(C2CC2)CC1.I. The van der Waals surface area contributed by atoms with Crippen molar-refractivity contribution in [1.29, 1.82) is 0 Å². The molecule has 1 aliphatic carbocycles. The Hall–Kier alpha value is -0.990. The molecule has 2 aromatic rings. The van der Waals surface area contributed by atoms with Crippen molar-refractivity contribution in [3.05, 3.63) is 35.0 Å². The Morgan fingerprint density at radius 1 is 1.26 bits per heavy atom. The van der Waals surface area contributed by atoms with E-state index in [1.807, 2.05) is 25.2 Å². The molecule has 1 aliphatic heterocycles. The first kappa shape index (κ1) is 20.7. The van der Waals surface area contributed by atoms with Gasteiger partial charge in [0, 0.05) is 60.9 Å². The number of hydrogen-bond acceptors (Lipinski definition) is 2. The van der Waals surface area contributed by atoms with Gasteiger partial charge < -0.3 is 20.5 Å². The maximum absolute atomic E-state index is 6.13. The van der Waals surface area contributed by atoms with E-state index in [1.54, 1.807) is 0 Å². The standard InChI is InChI=1S/C20H28ClN5.HI/c1-22-20(25-16-7-10-26(11-8-16)17-3-4-17)23-9-6-14-13-24-19-5-2-15(21)12-18(14)19;/h2,5,12-13,16-17,24H,3-4,6-11H2,1H3,(H2,22,23,25);1H. The summed E-state index contributed by atoms with van der Waals surface area (Å²) in [5, 5.41) is 9.04. The summed E-state index contributed by atoms with van der Waals surface area (Å²) in [6.45, 7) is 3.28. The van der Waals surface area contributed by atoms with Crippen molar-refractivity contribution < 1.29 is 0 Å². The van der Waals surface area contributed by atoms with Crippen molar-refractivity contribution in [1.82, 2.24) is 20.5 Å². The lowest BCUT2D eigenvalue weighted by Crippen LogP contribution is -2.49. The van der Waals surface area contributed by atoms with E-state index in [0.717, 1.165) is 35.5 Å². The summed E-state index contributed by atoms with van der Waals surface area (Å²) in [7, 11) is 1.85. The Kier molecular flexibility index (Phi) is 7.28. The Balaban J connectivity index is 0.00000210. The molecule has 7 heteroatoms. The van der Waals surface area contributed by atoms with Crippen LogP contribution in [-0.4, -0.2) is 54.6 Å². The maximum Gasteiger partial charge on any atom is 0.191 e. The lowest BCUT2D eigenvalue weighted by Gasteiger charge is -2.33. The number of benzene rings is 1. The van der Waals surface area contributed by atoms with Crippen LogP contribution < -0.4 is 10.6 Å². The molecule has 0 amide bonds. The topological polar surface area (TPSA) is 55.5 Å². The summed E-state index contributed by atoms with van der Waals surface area (Å²) >= 11 is 6.13. The average Bonchev–Trinajstić information content (AvgIpc) is 3.43. The third-order valence-electron chi connectivity index (χ3n) is 5.57. The molecule has 5 nitrogen and oxygen atoms in total. The number of likely N-dealkylation sites (tertiary alicyclic amines) is 1. The van der Waals surface area contributed by atoms with Crippen LogP contribution in [0.4, 0.5) is 0 Å². The second-order valence-corrected chi connectivity index (χ2v) is 7.87. The Bertz CT molecular complexity index is 778. The molecule has 0 unspecified atom stereocenters. The van der Waals surface area contributed by atoms with Gasteiger partial charge in [-0.2, -0.15) is 0 Å². The number of halogens is 2. The van der Waals surface area contributed by atoms with Gasteiger partial charge in [0.2, 0.25) is 0 Å². The van der Waals surface area contributed by atoms with E-state index in [9.17, 15) is 0 Å². The van der Waals surface area contributed by atoms with E-state index >= 15 is 0 Å². The number of aromatic nitrogens is 1. The third-order valence-corrected chi connectivity index (χ3v) is 5.81. The molecule has 3 N–H and O–H groups in total. The quantitative estimate of drug-likeness (QED) is 0.332. The smallest absolute Gasteiger partial charge is 0.191 e. The van der Waals surface area contributed by atoms with Gasteiger partial charge in [0.1, 0.15) is 0 Å². The van der Waals surface area contributed by atoms with Gasteiger partial charge in [-0.15, -0.1) is 24.0 Å². The van der Waals surface area contributed by atoms with Gasteiger partial charge in [0.25, 0.3) is 0 Å². The number of piperidine rings is 1. The molecule has 0 bridgehead atoms. The molecule has 1 saturated heterocycles. The van der Waals surface area contributed by atoms with E-state index in [2.05, 4.69) is 31.7 Å². The van der Waals surface area contributed by atoms with Crippen LogP contribution in [0.5, 0.6) is 0 Å². The van der Waals surface area contributed by atoms with Gasteiger partial charge in [-0.3, -0.25) is 4.99 Å². The summed E-state index contributed by atoms with van der Waals surface area (Å²) in [4.78, 5) is 10.4. The highest BCUT2D eigenvalue weighted by atomic mass is 127. The van der Waals surface area contributed by atoms with Crippen molar-refractivity contribution in [3.8, 4) is 0 Å². The third kappa shape index (κ3) is 5.29. The van der Waals surface area contributed by atoms with Crippen LogP contribution in [0.25, 0.3) is 10.9 Å². The number of H-pyrrole nitrogens is 1. The minimum Gasteiger partial charge on any atom is -0.361 e. The molecular weight excluding hydrogens is 473 g/mol. The average molecular weight is 502 g/mol. The minimum atomic E-state index is 0. The zero-order valence-corrected chi connectivity index (χ0v) is 18.9. The number of rotatable bonds is 5. The fourth-order valence-corrected chi connectivity index (χ4v) is 4.08. The van der Waals surface area contributed by atoms with Crippen molar-refractivity contribution in [2.75, 3.05) is 26.7 Å². The molecule has 2 aliphatic rings. The highest BCUT2D eigenvalue weighted by molar-refractivity contribution is 14.0. The molecule has 2 fully saturated rings. The molecule has 4 rings (SSSR count). The summed E-state index contributed by atoms with van der Waals surface area (Å²) in [6.07, 6.45) is 8.23. The first-order valence-corrected chi connectivity index (χ1v) is 10.1. The van der Waals surface area contributed by atoms with Crippen molar-refractivity contribution in [3.63, 3.8) is 0 Å². The number of nitrogens with zero attached hydrogens (tertiary/aromatic N) is 2. The van der Waals surface area contributed by atoms with E-state index in [1.165, 1.54) is 49.7 Å².